The van der Waals surface area contributed by atoms with Crippen LogP contribution in [0.15, 0.2) is 12.1 Å². The van der Waals surface area contributed by atoms with E-state index in [4.69, 9.17) is 5.73 Å². The van der Waals surface area contributed by atoms with Gasteiger partial charge >= 0.3 is 5.97 Å². The summed E-state index contributed by atoms with van der Waals surface area (Å²) in [5.41, 5.74) is 5.38. The van der Waals surface area contributed by atoms with Crippen LogP contribution in [0.2, 0.25) is 0 Å². The topological polar surface area (TPSA) is 95.5 Å². The highest BCUT2D eigenvalue weighted by Crippen LogP contribution is 2.27. The van der Waals surface area contributed by atoms with Crippen LogP contribution in [0.25, 0.3) is 0 Å². The number of nitrogens with two attached hydrogens (primary N) is 1. The van der Waals surface area contributed by atoms with Gasteiger partial charge < -0.3 is 10.5 Å². The number of nitrogens with zero attached hydrogens (tertiary/aromatic N) is 1. The van der Waals surface area contributed by atoms with E-state index < -0.39 is 10.9 Å². The number of nitrogen functional groups attached to an aromatic ring is 1. The summed E-state index contributed by atoms with van der Waals surface area (Å²) >= 11 is 1.81. The van der Waals surface area contributed by atoms with Crippen molar-refractivity contribution in [2.45, 2.75) is 0 Å². The number of ether oxygens (including phenoxy) is 1. The molecule has 0 spiro atoms. The first-order valence-corrected chi connectivity index (χ1v) is 4.87. The molecule has 0 radical (unpaired) electrons. The van der Waals surface area contributed by atoms with Gasteiger partial charge in [0.2, 0.25) is 0 Å². The van der Waals surface area contributed by atoms with Gasteiger partial charge in [-0.2, -0.15) is 0 Å². The number of halogens is 1. The van der Waals surface area contributed by atoms with Crippen molar-refractivity contribution in [1.29, 1.82) is 0 Å². The van der Waals surface area contributed by atoms with E-state index in [2.05, 4.69) is 4.74 Å². The normalized spacial score (nSPS) is 9.73. The molecule has 0 aliphatic carbocycles. The molecule has 80 valence electrons. The number of rotatable bonds is 2. The van der Waals surface area contributed by atoms with Gasteiger partial charge in [0.25, 0.3) is 5.69 Å². The third-order valence-corrected chi connectivity index (χ3v) is 2.61. The predicted octanol–water partition coefficient (Wildman–Crippen LogP) is 1.57. The van der Waals surface area contributed by atoms with Crippen molar-refractivity contribution < 1.29 is 14.5 Å². The van der Waals surface area contributed by atoms with Crippen LogP contribution < -0.4 is 5.73 Å². The number of esters is 1. The molecule has 0 unspecified atom stereocenters. The zero-order valence-electron chi connectivity index (χ0n) is 7.69. The smallest absolute Gasteiger partial charge is 0.339 e. The van der Waals surface area contributed by atoms with E-state index in [0.29, 0.717) is 3.57 Å². The Hall–Kier alpha value is -1.38. The van der Waals surface area contributed by atoms with Crippen LogP contribution in [0.3, 0.4) is 0 Å². The number of hydrogen-bond acceptors (Lipinski definition) is 5. The Labute approximate surface area is 98.7 Å². The highest BCUT2D eigenvalue weighted by molar-refractivity contribution is 14.1. The van der Waals surface area contributed by atoms with Crippen molar-refractivity contribution in [2.24, 2.45) is 0 Å². The highest BCUT2D eigenvalue weighted by atomic mass is 127. The molecule has 0 heterocycles. The minimum absolute atomic E-state index is 0.0548. The zero-order chi connectivity index (χ0) is 11.6. The van der Waals surface area contributed by atoms with Crippen LogP contribution in [0.5, 0.6) is 0 Å². The average Bonchev–Trinajstić information content (AvgIpc) is 2.19. The SMILES string of the molecule is COC(=O)c1cc(N)c([N+](=O)[O-])cc1I. The molecule has 1 aromatic rings. The summed E-state index contributed by atoms with van der Waals surface area (Å²) in [4.78, 5) is 21.1. The van der Waals surface area contributed by atoms with Crippen LogP contribution >= 0.6 is 22.6 Å². The zero-order valence-corrected chi connectivity index (χ0v) is 9.85. The lowest BCUT2D eigenvalue weighted by Crippen LogP contribution is -2.06. The number of benzene rings is 1. The maximum Gasteiger partial charge on any atom is 0.339 e. The lowest BCUT2D eigenvalue weighted by atomic mass is 10.2. The standard InChI is InChI=1S/C8H7IN2O4/c1-15-8(12)4-2-6(10)7(11(13)14)3-5(4)9/h2-3H,10H2,1H3. The van der Waals surface area contributed by atoms with Gasteiger partial charge in [-0.1, -0.05) is 0 Å². The Morgan fingerprint density at radius 2 is 2.20 bits per heavy atom. The quantitative estimate of drug-likeness (QED) is 0.293. The number of nitro groups is 1. The second-order valence-electron chi connectivity index (χ2n) is 2.64. The van der Waals surface area contributed by atoms with Crippen molar-refractivity contribution in [3.05, 3.63) is 31.4 Å². The Morgan fingerprint density at radius 1 is 1.60 bits per heavy atom. The van der Waals surface area contributed by atoms with Crippen molar-refractivity contribution in [2.75, 3.05) is 12.8 Å². The molecule has 0 saturated heterocycles. The number of nitro benzene ring substituents is 1. The van der Waals surface area contributed by atoms with Crippen LogP contribution in [0.4, 0.5) is 11.4 Å². The van der Waals surface area contributed by atoms with Gasteiger partial charge in [0.05, 0.1) is 17.6 Å². The van der Waals surface area contributed by atoms with E-state index >= 15 is 0 Å². The molecular formula is C8H7IN2O4. The Morgan fingerprint density at radius 3 is 2.67 bits per heavy atom. The summed E-state index contributed by atoms with van der Waals surface area (Å²) in [6.45, 7) is 0. The molecule has 0 aromatic heterocycles. The van der Waals surface area contributed by atoms with E-state index in [1.54, 1.807) is 0 Å². The first-order valence-electron chi connectivity index (χ1n) is 3.79. The molecule has 1 aromatic carbocycles. The Kier molecular flexibility index (Phi) is 3.45. The molecule has 15 heavy (non-hydrogen) atoms. The average molecular weight is 322 g/mol. The largest absolute Gasteiger partial charge is 0.465 e. The van der Waals surface area contributed by atoms with Crippen molar-refractivity contribution in [3.8, 4) is 0 Å². The molecule has 7 heteroatoms. The van der Waals surface area contributed by atoms with Gasteiger partial charge in [0, 0.05) is 9.64 Å². The van der Waals surface area contributed by atoms with E-state index in [-0.39, 0.29) is 16.9 Å². The minimum atomic E-state index is -0.599. The first kappa shape index (κ1) is 11.7. The van der Waals surface area contributed by atoms with Crippen LogP contribution in [-0.2, 0) is 4.74 Å². The predicted molar refractivity (Wildman–Crippen MR) is 61.6 cm³/mol. The van der Waals surface area contributed by atoms with Gasteiger partial charge in [-0.05, 0) is 28.7 Å². The summed E-state index contributed by atoms with van der Waals surface area (Å²) in [7, 11) is 1.23. The lowest BCUT2D eigenvalue weighted by Gasteiger charge is -2.04. The van der Waals surface area contributed by atoms with Crippen LogP contribution in [-0.4, -0.2) is 18.0 Å². The molecule has 0 aliphatic rings. The van der Waals surface area contributed by atoms with Gasteiger partial charge in [-0.3, -0.25) is 10.1 Å². The van der Waals surface area contributed by atoms with Gasteiger partial charge in [0.15, 0.2) is 0 Å². The van der Waals surface area contributed by atoms with Crippen LogP contribution in [0.1, 0.15) is 10.4 Å². The highest BCUT2D eigenvalue weighted by Gasteiger charge is 2.18. The molecule has 6 nitrogen and oxygen atoms in total. The number of carbonyl (C=O) groups excluding carboxylic acids is 1. The summed E-state index contributed by atoms with van der Waals surface area (Å²) in [5, 5.41) is 10.5. The van der Waals surface area contributed by atoms with Crippen LogP contribution in [0, 0.1) is 13.7 Å². The maximum atomic E-state index is 11.2. The number of hydrogen-bond donors (Lipinski definition) is 1. The monoisotopic (exact) mass is 322 g/mol. The van der Waals surface area contributed by atoms with Crippen molar-refractivity contribution in [3.63, 3.8) is 0 Å². The first-order chi connectivity index (χ1) is 6.97. The molecule has 0 fully saturated rings. The van der Waals surface area contributed by atoms with Gasteiger partial charge in [-0.25, -0.2) is 4.79 Å². The maximum absolute atomic E-state index is 11.2. The van der Waals surface area contributed by atoms with E-state index in [1.165, 1.54) is 19.2 Å². The molecule has 0 saturated carbocycles. The number of carbonyl (C=O) groups is 1. The fourth-order valence-electron chi connectivity index (χ4n) is 1.00. The lowest BCUT2D eigenvalue weighted by molar-refractivity contribution is -0.384. The summed E-state index contributed by atoms with van der Waals surface area (Å²) in [5.74, 6) is -0.569. The van der Waals surface area contributed by atoms with E-state index in [1.807, 2.05) is 22.6 Å². The van der Waals surface area contributed by atoms with Gasteiger partial charge in [-0.15, -0.1) is 0 Å². The number of anilines is 1. The molecule has 0 atom stereocenters. The molecule has 2 N–H and O–H groups in total. The summed E-state index contributed by atoms with van der Waals surface area (Å²) in [6, 6.07) is 2.48. The molecular weight excluding hydrogens is 315 g/mol. The number of methoxy groups -OCH3 is 1. The van der Waals surface area contributed by atoms with Crippen molar-refractivity contribution in [1.82, 2.24) is 0 Å². The fraction of sp³-hybridized carbons (Fsp3) is 0.125. The fourth-order valence-corrected chi connectivity index (χ4v) is 1.67. The third-order valence-electron chi connectivity index (χ3n) is 1.72. The summed E-state index contributed by atoms with van der Waals surface area (Å²) in [6.07, 6.45) is 0. The molecule has 1 rings (SSSR count). The Balaban J connectivity index is 3.31. The molecule has 0 bridgehead atoms. The second-order valence-corrected chi connectivity index (χ2v) is 3.80. The summed E-state index contributed by atoms with van der Waals surface area (Å²) < 4.78 is 4.93. The minimum Gasteiger partial charge on any atom is -0.465 e. The molecule has 0 amide bonds. The second kappa shape index (κ2) is 4.43. The molecule has 0 aliphatic heterocycles. The van der Waals surface area contributed by atoms with E-state index in [0.717, 1.165) is 0 Å². The van der Waals surface area contributed by atoms with E-state index in [9.17, 15) is 14.9 Å². The van der Waals surface area contributed by atoms with Crippen molar-refractivity contribution >= 4 is 39.9 Å². The van der Waals surface area contributed by atoms with Gasteiger partial charge in [0.1, 0.15) is 5.69 Å². The Bertz CT molecular complexity index is 433. The third kappa shape index (κ3) is 2.35.